The Morgan fingerprint density at radius 1 is 1.13 bits per heavy atom. The molecule has 0 saturated carbocycles. The first kappa shape index (κ1) is 15.0. The minimum absolute atomic E-state index is 0.170. The summed E-state index contributed by atoms with van der Waals surface area (Å²) in [6.45, 7) is 2.23. The Kier molecular flexibility index (Phi) is 4.19. The van der Waals surface area contributed by atoms with Crippen molar-refractivity contribution in [3.63, 3.8) is 0 Å². The molecule has 1 aromatic heterocycles. The number of aryl methyl sites for hydroxylation is 1. The van der Waals surface area contributed by atoms with Crippen molar-refractivity contribution in [2.75, 3.05) is 0 Å². The highest BCUT2D eigenvalue weighted by Crippen LogP contribution is 2.20. The third kappa shape index (κ3) is 3.63. The average Bonchev–Trinajstić information content (AvgIpc) is 3.03. The number of nitrogens with zero attached hydrogens (tertiary/aromatic N) is 1. The monoisotopic (exact) mass is 310 g/mol. The molecule has 116 valence electrons. The van der Waals surface area contributed by atoms with Crippen LogP contribution < -0.4 is 5.32 Å². The van der Waals surface area contributed by atoms with Crippen LogP contribution in [0.4, 0.5) is 4.39 Å². The van der Waals surface area contributed by atoms with Crippen LogP contribution in [0.3, 0.4) is 0 Å². The molecule has 0 saturated heterocycles. The van der Waals surface area contributed by atoms with Gasteiger partial charge in [-0.05, 0) is 43.3 Å². The number of carbonyl (C=O) groups excluding carboxylic acids is 1. The van der Waals surface area contributed by atoms with Crippen molar-refractivity contribution in [3.05, 3.63) is 77.2 Å². The molecule has 0 radical (unpaired) electrons. The average molecular weight is 310 g/mol. The largest absolute Gasteiger partial charge is 0.356 e. The van der Waals surface area contributed by atoms with Crippen LogP contribution in [-0.4, -0.2) is 11.1 Å². The Labute approximate surface area is 132 Å². The molecular formula is C18H15FN2O2. The first-order valence-electron chi connectivity index (χ1n) is 7.18. The lowest BCUT2D eigenvalue weighted by Crippen LogP contribution is -2.22. The molecule has 0 unspecified atom stereocenters. The Balaban J connectivity index is 1.64. The van der Waals surface area contributed by atoms with Gasteiger partial charge in [-0.15, -0.1) is 0 Å². The molecule has 3 aromatic rings. The molecule has 0 aliphatic rings. The van der Waals surface area contributed by atoms with E-state index in [-0.39, 0.29) is 18.3 Å². The van der Waals surface area contributed by atoms with Gasteiger partial charge in [-0.1, -0.05) is 22.9 Å². The van der Waals surface area contributed by atoms with Gasteiger partial charge in [-0.25, -0.2) is 4.39 Å². The molecule has 0 bridgehead atoms. The summed E-state index contributed by atoms with van der Waals surface area (Å²) in [4.78, 5) is 12.0. The highest BCUT2D eigenvalue weighted by molar-refractivity contribution is 5.94. The van der Waals surface area contributed by atoms with Crippen molar-refractivity contribution in [1.29, 1.82) is 0 Å². The highest BCUT2D eigenvalue weighted by atomic mass is 19.1. The predicted octanol–water partition coefficient (Wildman–Crippen LogP) is 3.72. The van der Waals surface area contributed by atoms with Gasteiger partial charge in [-0.3, -0.25) is 4.79 Å². The summed E-state index contributed by atoms with van der Waals surface area (Å²) in [7, 11) is 0. The SMILES string of the molecule is Cc1ccc(C(=O)NCc2cc(-c3ccc(F)cc3)on2)cc1. The number of carbonyl (C=O) groups is 1. The van der Waals surface area contributed by atoms with Crippen molar-refractivity contribution in [2.45, 2.75) is 13.5 Å². The third-order valence-corrected chi connectivity index (χ3v) is 3.43. The fourth-order valence-electron chi connectivity index (χ4n) is 2.12. The lowest BCUT2D eigenvalue weighted by Gasteiger charge is -2.03. The van der Waals surface area contributed by atoms with Crippen molar-refractivity contribution in [3.8, 4) is 11.3 Å². The number of hydrogen-bond acceptors (Lipinski definition) is 3. The number of nitrogens with one attached hydrogen (secondary N) is 1. The van der Waals surface area contributed by atoms with Crippen LogP contribution in [0.1, 0.15) is 21.6 Å². The highest BCUT2D eigenvalue weighted by Gasteiger charge is 2.09. The van der Waals surface area contributed by atoms with Gasteiger partial charge >= 0.3 is 0 Å². The minimum Gasteiger partial charge on any atom is -0.356 e. The second-order valence-electron chi connectivity index (χ2n) is 5.24. The summed E-state index contributed by atoms with van der Waals surface area (Å²) >= 11 is 0. The molecule has 3 rings (SSSR count). The number of halogens is 1. The predicted molar refractivity (Wildman–Crippen MR) is 84.2 cm³/mol. The Morgan fingerprint density at radius 2 is 1.83 bits per heavy atom. The molecule has 2 aromatic carbocycles. The Hall–Kier alpha value is -2.95. The Bertz CT molecular complexity index is 808. The quantitative estimate of drug-likeness (QED) is 0.799. The van der Waals surface area contributed by atoms with Crippen LogP contribution in [0.15, 0.2) is 59.1 Å². The van der Waals surface area contributed by atoms with E-state index in [4.69, 9.17) is 4.52 Å². The molecule has 1 N–H and O–H groups in total. The summed E-state index contributed by atoms with van der Waals surface area (Å²) in [6, 6.07) is 15.0. The van der Waals surface area contributed by atoms with E-state index in [1.54, 1.807) is 30.3 Å². The van der Waals surface area contributed by atoms with Gasteiger partial charge in [0.05, 0.1) is 6.54 Å². The fourth-order valence-corrected chi connectivity index (χ4v) is 2.12. The van der Waals surface area contributed by atoms with Gasteiger partial charge in [-0.2, -0.15) is 0 Å². The van der Waals surface area contributed by atoms with Crippen molar-refractivity contribution in [1.82, 2.24) is 10.5 Å². The first-order chi connectivity index (χ1) is 11.1. The number of aromatic nitrogens is 1. The molecule has 0 spiro atoms. The van der Waals surface area contributed by atoms with Gasteiger partial charge in [0.1, 0.15) is 11.5 Å². The van der Waals surface area contributed by atoms with E-state index in [2.05, 4.69) is 10.5 Å². The summed E-state index contributed by atoms with van der Waals surface area (Å²) in [5, 5.41) is 6.70. The topological polar surface area (TPSA) is 55.1 Å². The van der Waals surface area contributed by atoms with E-state index >= 15 is 0 Å². The maximum Gasteiger partial charge on any atom is 0.251 e. The zero-order valence-corrected chi connectivity index (χ0v) is 12.5. The second-order valence-corrected chi connectivity index (χ2v) is 5.24. The molecule has 0 aliphatic heterocycles. The Morgan fingerprint density at radius 3 is 2.52 bits per heavy atom. The molecule has 1 heterocycles. The summed E-state index contributed by atoms with van der Waals surface area (Å²) in [6.07, 6.45) is 0. The lowest BCUT2D eigenvalue weighted by atomic mass is 10.1. The van der Waals surface area contributed by atoms with E-state index in [0.717, 1.165) is 11.1 Å². The first-order valence-corrected chi connectivity index (χ1v) is 7.18. The number of rotatable bonds is 4. The zero-order chi connectivity index (χ0) is 16.2. The standard InChI is InChI=1S/C18H15FN2O2/c1-12-2-4-14(5-3-12)18(22)20-11-16-10-17(23-21-16)13-6-8-15(19)9-7-13/h2-10H,11H2,1H3,(H,20,22). The van der Waals surface area contributed by atoms with Gasteiger partial charge in [0.15, 0.2) is 5.76 Å². The number of hydrogen-bond donors (Lipinski definition) is 1. The van der Waals surface area contributed by atoms with Gasteiger partial charge in [0.25, 0.3) is 5.91 Å². The van der Waals surface area contributed by atoms with Crippen LogP contribution in [0, 0.1) is 12.7 Å². The van der Waals surface area contributed by atoms with Crippen LogP contribution in [-0.2, 0) is 6.54 Å². The maximum absolute atomic E-state index is 12.9. The molecule has 23 heavy (non-hydrogen) atoms. The van der Waals surface area contributed by atoms with Crippen LogP contribution in [0.2, 0.25) is 0 Å². The van der Waals surface area contributed by atoms with Crippen LogP contribution >= 0.6 is 0 Å². The van der Waals surface area contributed by atoms with E-state index in [0.29, 0.717) is 17.0 Å². The summed E-state index contributed by atoms with van der Waals surface area (Å²) in [5.74, 6) is 0.0553. The zero-order valence-electron chi connectivity index (χ0n) is 12.5. The van der Waals surface area contributed by atoms with Gasteiger partial charge in [0, 0.05) is 17.2 Å². The molecular weight excluding hydrogens is 295 g/mol. The van der Waals surface area contributed by atoms with Gasteiger partial charge < -0.3 is 9.84 Å². The molecule has 0 atom stereocenters. The molecule has 4 nitrogen and oxygen atoms in total. The smallest absolute Gasteiger partial charge is 0.251 e. The van der Waals surface area contributed by atoms with E-state index in [1.165, 1.54) is 12.1 Å². The van der Waals surface area contributed by atoms with Crippen molar-refractivity contribution in [2.24, 2.45) is 0 Å². The van der Waals surface area contributed by atoms with Gasteiger partial charge in [0.2, 0.25) is 0 Å². The maximum atomic E-state index is 12.9. The van der Waals surface area contributed by atoms with Crippen molar-refractivity contribution >= 4 is 5.91 Å². The van der Waals surface area contributed by atoms with Crippen LogP contribution in [0.5, 0.6) is 0 Å². The molecule has 5 heteroatoms. The number of amides is 1. The molecule has 0 aliphatic carbocycles. The van der Waals surface area contributed by atoms with E-state index < -0.39 is 0 Å². The lowest BCUT2D eigenvalue weighted by molar-refractivity contribution is 0.0950. The van der Waals surface area contributed by atoms with Crippen LogP contribution in [0.25, 0.3) is 11.3 Å². The third-order valence-electron chi connectivity index (χ3n) is 3.43. The molecule has 1 amide bonds. The number of benzene rings is 2. The second kappa shape index (κ2) is 6.44. The van der Waals surface area contributed by atoms with E-state index in [1.807, 2.05) is 19.1 Å². The molecule has 0 fully saturated rings. The normalized spacial score (nSPS) is 10.5. The van der Waals surface area contributed by atoms with Crippen molar-refractivity contribution < 1.29 is 13.7 Å². The van der Waals surface area contributed by atoms with E-state index in [9.17, 15) is 9.18 Å². The summed E-state index contributed by atoms with van der Waals surface area (Å²) < 4.78 is 18.1. The fraction of sp³-hybridized carbons (Fsp3) is 0.111. The minimum atomic E-state index is -0.307. The summed E-state index contributed by atoms with van der Waals surface area (Å²) in [5.41, 5.74) is 3.03.